The predicted molar refractivity (Wildman–Crippen MR) is 69.3 cm³/mol. The zero-order valence-electron chi connectivity index (χ0n) is 8.98. The molecule has 0 saturated carbocycles. The van der Waals surface area contributed by atoms with Gasteiger partial charge in [-0.3, -0.25) is 4.79 Å². The van der Waals surface area contributed by atoms with Crippen molar-refractivity contribution in [3.63, 3.8) is 0 Å². The molecule has 88 valence electrons. The molecule has 0 bridgehead atoms. The van der Waals surface area contributed by atoms with Gasteiger partial charge in [-0.15, -0.1) is 0 Å². The van der Waals surface area contributed by atoms with Crippen molar-refractivity contribution in [3.8, 4) is 5.75 Å². The fourth-order valence-electron chi connectivity index (χ4n) is 1.86. The van der Waals surface area contributed by atoms with Crippen molar-refractivity contribution in [3.05, 3.63) is 40.4 Å². The van der Waals surface area contributed by atoms with Gasteiger partial charge in [-0.25, -0.2) is 0 Å². The van der Waals surface area contributed by atoms with E-state index in [1.165, 1.54) is 0 Å². The van der Waals surface area contributed by atoms with Crippen molar-refractivity contribution in [2.45, 2.75) is 12.8 Å². The van der Waals surface area contributed by atoms with Gasteiger partial charge < -0.3 is 10.2 Å². The number of halogens is 1. The molecule has 0 aliphatic rings. The number of benzene rings is 2. The molecule has 2 rings (SSSR count). The third kappa shape index (κ3) is 2.42. The molecule has 0 aliphatic heterocycles. The molecule has 0 atom stereocenters. The van der Waals surface area contributed by atoms with E-state index in [1.807, 2.05) is 30.3 Å². The lowest BCUT2D eigenvalue weighted by Gasteiger charge is -2.10. The topological polar surface area (TPSA) is 57.5 Å². The van der Waals surface area contributed by atoms with Gasteiger partial charge in [0.05, 0.1) is 4.47 Å². The second-order valence-corrected chi connectivity index (χ2v) is 4.65. The van der Waals surface area contributed by atoms with Crippen LogP contribution in [0.25, 0.3) is 10.8 Å². The van der Waals surface area contributed by atoms with E-state index in [0.717, 1.165) is 10.8 Å². The van der Waals surface area contributed by atoms with Gasteiger partial charge in [-0.1, -0.05) is 24.3 Å². The maximum Gasteiger partial charge on any atom is 0.303 e. The summed E-state index contributed by atoms with van der Waals surface area (Å²) in [4.78, 5) is 10.6. The van der Waals surface area contributed by atoms with Gasteiger partial charge in [0.15, 0.2) is 0 Å². The summed E-state index contributed by atoms with van der Waals surface area (Å²) in [5.74, 6) is -0.738. The monoisotopic (exact) mass is 294 g/mol. The average Bonchev–Trinajstić information content (AvgIpc) is 2.29. The van der Waals surface area contributed by atoms with Crippen molar-refractivity contribution in [1.29, 1.82) is 0 Å². The second-order valence-electron chi connectivity index (χ2n) is 3.80. The van der Waals surface area contributed by atoms with Crippen molar-refractivity contribution < 1.29 is 15.0 Å². The third-order valence-electron chi connectivity index (χ3n) is 2.67. The normalized spacial score (nSPS) is 10.6. The lowest BCUT2D eigenvalue weighted by molar-refractivity contribution is -0.136. The highest BCUT2D eigenvalue weighted by atomic mass is 79.9. The summed E-state index contributed by atoms with van der Waals surface area (Å²) in [6.45, 7) is 0. The molecule has 0 heterocycles. The van der Waals surface area contributed by atoms with Crippen LogP contribution < -0.4 is 0 Å². The van der Waals surface area contributed by atoms with E-state index in [-0.39, 0.29) is 12.2 Å². The standard InChI is InChI=1S/C13H11BrO3/c14-11-7-8-3-1-2-4-9(8)10(13(11)17)5-6-12(15)16/h1-4,7,17H,5-6H2,(H,15,16). The summed E-state index contributed by atoms with van der Waals surface area (Å²) in [6, 6.07) is 9.43. The Kier molecular flexibility index (Phi) is 3.33. The lowest BCUT2D eigenvalue weighted by atomic mass is 10.00. The van der Waals surface area contributed by atoms with E-state index < -0.39 is 5.97 Å². The van der Waals surface area contributed by atoms with Crippen LogP contribution >= 0.6 is 15.9 Å². The smallest absolute Gasteiger partial charge is 0.303 e. The van der Waals surface area contributed by atoms with Gasteiger partial charge in [0.2, 0.25) is 0 Å². The molecule has 17 heavy (non-hydrogen) atoms. The first kappa shape index (κ1) is 11.9. The van der Waals surface area contributed by atoms with Crippen LogP contribution in [0.15, 0.2) is 34.8 Å². The highest BCUT2D eigenvalue weighted by Crippen LogP contribution is 2.35. The Balaban J connectivity index is 2.57. The van der Waals surface area contributed by atoms with Crippen molar-refractivity contribution in [2.75, 3.05) is 0 Å². The van der Waals surface area contributed by atoms with Gasteiger partial charge in [0, 0.05) is 12.0 Å². The first-order valence-electron chi connectivity index (χ1n) is 5.20. The predicted octanol–water partition coefficient (Wildman–Crippen LogP) is 3.33. The number of fused-ring (bicyclic) bond motifs is 1. The number of aliphatic carboxylic acids is 1. The fraction of sp³-hybridized carbons (Fsp3) is 0.154. The summed E-state index contributed by atoms with van der Waals surface area (Å²) in [7, 11) is 0. The molecule has 2 aromatic rings. The third-order valence-corrected chi connectivity index (χ3v) is 3.27. The molecular weight excluding hydrogens is 284 g/mol. The van der Waals surface area contributed by atoms with Crippen LogP contribution in [0.4, 0.5) is 0 Å². The van der Waals surface area contributed by atoms with Crippen LogP contribution in [0, 0.1) is 0 Å². The molecule has 2 N–H and O–H groups in total. The number of rotatable bonds is 3. The van der Waals surface area contributed by atoms with E-state index in [0.29, 0.717) is 16.5 Å². The highest BCUT2D eigenvalue weighted by molar-refractivity contribution is 9.10. The Morgan fingerprint density at radius 3 is 2.71 bits per heavy atom. The largest absolute Gasteiger partial charge is 0.506 e. The van der Waals surface area contributed by atoms with Crippen molar-refractivity contribution >= 4 is 32.7 Å². The van der Waals surface area contributed by atoms with Gasteiger partial charge in [0.25, 0.3) is 0 Å². The van der Waals surface area contributed by atoms with Crippen molar-refractivity contribution in [1.82, 2.24) is 0 Å². The number of phenols is 1. The number of carboxylic acids is 1. The Morgan fingerprint density at radius 1 is 1.29 bits per heavy atom. The number of aromatic hydroxyl groups is 1. The van der Waals surface area contributed by atoms with Gasteiger partial charge >= 0.3 is 5.97 Å². The van der Waals surface area contributed by atoms with Crippen LogP contribution in [-0.4, -0.2) is 16.2 Å². The zero-order valence-corrected chi connectivity index (χ0v) is 10.6. The Labute approximate surface area is 107 Å². The number of carbonyl (C=O) groups is 1. The minimum atomic E-state index is -0.867. The van der Waals surface area contributed by atoms with Gasteiger partial charge in [-0.2, -0.15) is 0 Å². The van der Waals surface area contributed by atoms with E-state index in [9.17, 15) is 9.90 Å². The van der Waals surface area contributed by atoms with Crippen LogP contribution in [0.2, 0.25) is 0 Å². The minimum absolute atomic E-state index is 0.00794. The zero-order chi connectivity index (χ0) is 12.4. The van der Waals surface area contributed by atoms with E-state index in [2.05, 4.69) is 15.9 Å². The fourth-order valence-corrected chi connectivity index (χ4v) is 2.35. The average molecular weight is 295 g/mol. The Morgan fingerprint density at radius 2 is 2.00 bits per heavy atom. The van der Waals surface area contributed by atoms with Gasteiger partial charge in [-0.05, 0) is 39.2 Å². The molecule has 0 unspecified atom stereocenters. The summed E-state index contributed by atoms with van der Waals surface area (Å²) >= 11 is 3.28. The van der Waals surface area contributed by atoms with Crippen LogP contribution in [0.5, 0.6) is 5.75 Å². The van der Waals surface area contributed by atoms with Crippen LogP contribution in [0.1, 0.15) is 12.0 Å². The first-order chi connectivity index (χ1) is 8.09. The molecule has 0 aromatic heterocycles. The van der Waals surface area contributed by atoms with Crippen LogP contribution in [-0.2, 0) is 11.2 Å². The SMILES string of the molecule is O=C(O)CCc1c(O)c(Br)cc2ccccc12. The number of hydrogen-bond donors (Lipinski definition) is 2. The van der Waals surface area contributed by atoms with Crippen molar-refractivity contribution in [2.24, 2.45) is 0 Å². The highest BCUT2D eigenvalue weighted by Gasteiger charge is 2.12. The van der Waals surface area contributed by atoms with Crippen LogP contribution in [0.3, 0.4) is 0 Å². The summed E-state index contributed by atoms with van der Waals surface area (Å²) < 4.78 is 0.594. The molecule has 0 fully saturated rings. The molecule has 0 spiro atoms. The molecule has 4 heteroatoms. The summed E-state index contributed by atoms with van der Waals surface area (Å²) in [5.41, 5.74) is 0.678. The molecule has 3 nitrogen and oxygen atoms in total. The number of carboxylic acid groups (broad SMARTS) is 1. The molecule has 0 saturated heterocycles. The number of aryl methyl sites for hydroxylation is 1. The molecule has 0 radical (unpaired) electrons. The molecule has 2 aromatic carbocycles. The van der Waals surface area contributed by atoms with Gasteiger partial charge in [0.1, 0.15) is 5.75 Å². The maximum absolute atomic E-state index is 10.6. The quantitative estimate of drug-likeness (QED) is 0.913. The Hall–Kier alpha value is -1.55. The maximum atomic E-state index is 10.6. The van der Waals surface area contributed by atoms with E-state index >= 15 is 0 Å². The molecule has 0 amide bonds. The number of hydrogen-bond acceptors (Lipinski definition) is 2. The second kappa shape index (κ2) is 4.75. The van der Waals surface area contributed by atoms with E-state index in [1.54, 1.807) is 0 Å². The summed E-state index contributed by atoms with van der Waals surface area (Å²) in [5, 5.41) is 20.6. The number of phenolic OH excluding ortho intramolecular Hbond substituents is 1. The Bertz CT molecular complexity index is 578. The molecular formula is C13H11BrO3. The molecule has 0 aliphatic carbocycles. The summed E-state index contributed by atoms with van der Waals surface area (Å²) in [6.07, 6.45) is 0.328. The first-order valence-corrected chi connectivity index (χ1v) is 6.00. The minimum Gasteiger partial charge on any atom is -0.506 e. The van der Waals surface area contributed by atoms with E-state index in [4.69, 9.17) is 5.11 Å². The lowest BCUT2D eigenvalue weighted by Crippen LogP contribution is -1.98.